The van der Waals surface area contributed by atoms with Gasteiger partial charge in [0.05, 0.1) is 23.3 Å². The normalized spacial score (nSPS) is 10.8. The fourth-order valence-corrected chi connectivity index (χ4v) is 3.69. The van der Waals surface area contributed by atoms with Gasteiger partial charge in [-0.1, -0.05) is 35.9 Å². The maximum absolute atomic E-state index is 12.8. The fourth-order valence-electron chi connectivity index (χ4n) is 3.69. The quantitative estimate of drug-likeness (QED) is 0.314. The molecular weight excluding hydrogens is 390 g/mol. The van der Waals surface area contributed by atoms with Crippen molar-refractivity contribution in [3.8, 4) is 11.4 Å². The number of carbonyl (C=O) groups is 2. The summed E-state index contributed by atoms with van der Waals surface area (Å²) < 4.78 is 12.9. The number of fused-ring (bicyclic) bond motifs is 1. The zero-order chi connectivity index (χ0) is 22.0. The molecule has 0 fully saturated rings. The van der Waals surface area contributed by atoms with Crippen LogP contribution < -0.4 is 4.74 Å². The fraction of sp³-hybridized carbons (Fsp3) is 0.154. The van der Waals surface area contributed by atoms with Gasteiger partial charge in [-0.15, -0.1) is 0 Å². The molecule has 0 amide bonds. The summed E-state index contributed by atoms with van der Waals surface area (Å²) in [6.07, 6.45) is 0. The second-order valence-corrected chi connectivity index (χ2v) is 7.29. The Hall–Kier alpha value is -3.86. The number of aromatic nitrogens is 1. The van der Waals surface area contributed by atoms with Crippen molar-refractivity contribution >= 4 is 22.8 Å². The summed E-state index contributed by atoms with van der Waals surface area (Å²) in [5, 5.41) is 0.675. The van der Waals surface area contributed by atoms with Crippen LogP contribution in [0.1, 0.15) is 38.9 Å². The number of nitrogens with zero attached hydrogens (tertiary/aromatic N) is 1. The van der Waals surface area contributed by atoms with E-state index in [1.165, 1.54) is 0 Å². The molecule has 0 bridgehead atoms. The molecule has 31 heavy (non-hydrogen) atoms. The molecule has 0 atom stereocenters. The smallest absolute Gasteiger partial charge is 0.343 e. The van der Waals surface area contributed by atoms with E-state index in [1.54, 1.807) is 31.2 Å². The first-order valence-corrected chi connectivity index (χ1v) is 10.2. The Kier molecular flexibility index (Phi) is 5.58. The molecule has 0 aliphatic carbocycles. The lowest BCUT2D eigenvalue weighted by Gasteiger charge is -2.09. The second-order valence-electron chi connectivity index (χ2n) is 7.29. The number of esters is 2. The summed E-state index contributed by atoms with van der Waals surface area (Å²) >= 11 is 0. The van der Waals surface area contributed by atoms with Crippen LogP contribution in [-0.2, 0) is 4.74 Å². The van der Waals surface area contributed by atoms with Gasteiger partial charge in [0, 0.05) is 16.8 Å². The standard InChI is InChI=1S/C26H23NO4/c1-4-30-26(29)24-18(3)27(20-8-6-5-7-9-20)23-15-14-21(16-22(23)24)31-25(28)19-12-10-17(2)11-13-19/h5-16H,4H2,1-3H3. The number of para-hydroxylation sites is 1. The van der Waals surface area contributed by atoms with Gasteiger partial charge in [0.2, 0.25) is 0 Å². The Morgan fingerprint density at radius 3 is 2.26 bits per heavy atom. The molecule has 0 spiro atoms. The highest BCUT2D eigenvalue weighted by atomic mass is 16.5. The van der Waals surface area contributed by atoms with Crippen LogP contribution >= 0.6 is 0 Å². The molecule has 0 radical (unpaired) electrons. The second kappa shape index (κ2) is 8.48. The number of aryl methyl sites for hydroxylation is 1. The summed E-state index contributed by atoms with van der Waals surface area (Å²) in [5.74, 6) is -0.480. The minimum atomic E-state index is -0.448. The number of hydrogen-bond donors (Lipinski definition) is 0. The van der Waals surface area contributed by atoms with Crippen molar-refractivity contribution in [3.63, 3.8) is 0 Å². The molecule has 0 saturated carbocycles. The number of hydrogen-bond acceptors (Lipinski definition) is 4. The summed E-state index contributed by atoms with van der Waals surface area (Å²) in [6, 6.07) is 22.3. The van der Waals surface area contributed by atoms with Crippen molar-refractivity contribution in [2.24, 2.45) is 0 Å². The predicted octanol–water partition coefficient (Wildman–Crippen LogP) is 5.64. The molecule has 3 aromatic carbocycles. The summed E-state index contributed by atoms with van der Waals surface area (Å²) in [6.45, 7) is 5.90. The molecule has 0 saturated heterocycles. The average Bonchev–Trinajstić information content (AvgIpc) is 3.06. The number of rotatable bonds is 5. The Labute approximate surface area is 180 Å². The Morgan fingerprint density at radius 2 is 1.58 bits per heavy atom. The van der Waals surface area contributed by atoms with Gasteiger partial charge in [-0.3, -0.25) is 0 Å². The van der Waals surface area contributed by atoms with E-state index >= 15 is 0 Å². The lowest BCUT2D eigenvalue weighted by Crippen LogP contribution is -2.08. The van der Waals surface area contributed by atoms with Crippen LogP contribution in [0.4, 0.5) is 0 Å². The molecule has 156 valence electrons. The molecule has 0 aliphatic rings. The van der Waals surface area contributed by atoms with Crippen molar-refractivity contribution < 1.29 is 19.1 Å². The zero-order valence-corrected chi connectivity index (χ0v) is 17.7. The van der Waals surface area contributed by atoms with Gasteiger partial charge in [-0.2, -0.15) is 0 Å². The Balaban J connectivity index is 1.80. The SMILES string of the molecule is CCOC(=O)c1c(C)n(-c2ccccc2)c2ccc(OC(=O)c3ccc(C)cc3)cc12. The summed E-state index contributed by atoms with van der Waals surface area (Å²) in [7, 11) is 0. The van der Waals surface area contributed by atoms with E-state index in [4.69, 9.17) is 9.47 Å². The Morgan fingerprint density at radius 1 is 0.871 bits per heavy atom. The summed E-state index contributed by atoms with van der Waals surface area (Å²) in [4.78, 5) is 25.3. The van der Waals surface area contributed by atoms with Crippen LogP contribution in [0, 0.1) is 13.8 Å². The molecule has 5 heteroatoms. The highest BCUT2D eigenvalue weighted by Gasteiger charge is 2.23. The molecule has 1 aromatic heterocycles. The Bertz CT molecular complexity index is 1250. The minimum Gasteiger partial charge on any atom is -0.462 e. The van der Waals surface area contributed by atoms with E-state index in [2.05, 4.69) is 0 Å². The van der Waals surface area contributed by atoms with Crippen LogP contribution in [0.25, 0.3) is 16.6 Å². The van der Waals surface area contributed by atoms with Crippen molar-refractivity contribution in [3.05, 3.63) is 95.2 Å². The molecule has 5 nitrogen and oxygen atoms in total. The predicted molar refractivity (Wildman–Crippen MR) is 120 cm³/mol. The lowest BCUT2D eigenvalue weighted by molar-refractivity contribution is 0.0527. The van der Waals surface area contributed by atoms with Gasteiger partial charge < -0.3 is 14.0 Å². The first-order chi connectivity index (χ1) is 15.0. The first-order valence-electron chi connectivity index (χ1n) is 10.2. The van der Waals surface area contributed by atoms with Crippen molar-refractivity contribution in [1.82, 2.24) is 4.57 Å². The number of carbonyl (C=O) groups excluding carboxylic acids is 2. The van der Waals surface area contributed by atoms with Crippen LogP contribution in [-0.4, -0.2) is 23.1 Å². The van der Waals surface area contributed by atoms with E-state index in [1.807, 2.05) is 66.9 Å². The van der Waals surface area contributed by atoms with Crippen LogP contribution in [0.15, 0.2) is 72.8 Å². The maximum Gasteiger partial charge on any atom is 0.343 e. The van der Waals surface area contributed by atoms with Crippen molar-refractivity contribution in [1.29, 1.82) is 0 Å². The van der Waals surface area contributed by atoms with Gasteiger partial charge in [-0.05, 0) is 63.2 Å². The monoisotopic (exact) mass is 413 g/mol. The van der Waals surface area contributed by atoms with Gasteiger partial charge in [-0.25, -0.2) is 9.59 Å². The number of benzene rings is 3. The van der Waals surface area contributed by atoms with Crippen LogP contribution in [0.3, 0.4) is 0 Å². The van der Waals surface area contributed by atoms with Gasteiger partial charge >= 0.3 is 11.9 Å². The lowest BCUT2D eigenvalue weighted by atomic mass is 10.1. The largest absolute Gasteiger partial charge is 0.462 e. The third-order valence-electron chi connectivity index (χ3n) is 5.17. The highest BCUT2D eigenvalue weighted by molar-refractivity contribution is 6.07. The third kappa shape index (κ3) is 3.94. The van der Waals surface area contributed by atoms with Crippen LogP contribution in [0.2, 0.25) is 0 Å². The first kappa shape index (κ1) is 20.4. The van der Waals surface area contributed by atoms with E-state index in [0.29, 0.717) is 22.3 Å². The molecule has 0 aliphatic heterocycles. The highest BCUT2D eigenvalue weighted by Crippen LogP contribution is 2.32. The van der Waals surface area contributed by atoms with Gasteiger partial charge in [0.25, 0.3) is 0 Å². The molecule has 1 heterocycles. The van der Waals surface area contributed by atoms with Gasteiger partial charge in [0.1, 0.15) is 5.75 Å². The molecular formula is C26H23NO4. The minimum absolute atomic E-state index is 0.276. The van der Waals surface area contributed by atoms with Crippen molar-refractivity contribution in [2.45, 2.75) is 20.8 Å². The van der Waals surface area contributed by atoms with E-state index in [-0.39, 0.29) is 6.61 Å². The summed E-state index contributed by atoms with van der Waals surface area (Å²) in [5.41, 5.74) is 4.53. The molecule has 4 aromatic rings. The molecule has 0 unspecified atom stereocenters. The topological polar surface area (TPSA) is 57.5 Å². The molecule has 4 rings (SSSR count). The average molecular weight is 413 g/mol. The molecule has 0 N–H and O–H groups in total. The third-order valence-corrected chi connectivity index (χ3v) is 5.17. The van der Waals surface area contributed by atoms with E-state index in [0.717, 1.165) is 22.5 Å². The van der Waals surface area contributed by atoms with E-state index in [9.17, 15) is 9.59 Å². The zero-order valence-electron chi connectivity index (χ0n) is 17.7. The van der Waals surface area contributed by atoms with Crippen molar-refractivity contribution in [2.75, 3.05) is 6.61 Å². The van der Waals surface area contributed by atoms with Gasteiger partial charge in [0.15, 0.2) is 0 Å². The van der Waals surface area contributed by atoms with E-state index < -0.39 is 11.9 Å². The number of ether oxygens (including phenoxy) is 2. The maximum atomic E-state index is 12.8. The van der Waals surface area contributed by atoms with Crippen LogP contribution in [0.5, 0.6) is 5.75 Å².